The first-order chi connectivity index (χ1) is 8.72. The normalized spacial score (nSPS) is 21.2. The molecular weight excluding hydrogens is 306 g/mol. The summed E-state index contributed by atoms with van der Waals surface area (Å²) >= 11 is 3.56. The van der Waals surface area contributed by atoms with Crippen molar-refractivity contribution in [1.29, 1.82) is 0 Å². The van der Waals surface area contributed by atoms with Crippen LogP contribution in [0.3, 0.4) is 0 Å². The van der Waals surface area contributed by atoms with Crippen LogP contribution in [-0.4, -0.2) is 30.6 Å². The molecule has 1 heterocycles. The maximum atomic E-state index is 10.8. The van der Waals surface area contributed by atoms with E-state index in [9.17, 15) is 4.79 Å². The lowest BCUT2D eigenvalue weighted by Crippen LogP contribution is -2.57. The molecule has 0 N–H and O–H groups in total. The fourth-order valence-electron chi connectivity index (χ4n) is 2.81. The lowest BCUT2D eigenvalue weighted by molar-refractivity contribution is -0.133. The van der Waals surface area contributed by atoms with Gasteiger partial charge in [-0.25, -0.2) is 0 Å². The van der Waals surface area contributed by atoms with Gasteiger partial charge in [0.2, 0.25) is 0 Å². The Morgan fingerprint density at radius 2 is 1.79 bits per heavy atom. The second kappa shape index (κ2) is 4.91. The lowest BCUT2D eigenvalue weighted by Gasteiger charge is -2.48. The fraction of sp³-hybridized carbons (Fsp3) is 0.533. The maximum absolute atomic E-state index is 10.8. The second-order valence-corrected chi connectivity index (χ2v) is 7.16. The largest absolute Gasteiger partial charge is 0.366 e. The summed E-state index contributed by atoms with van der Waals surface area (Å²) in [7, 11) is 0. The lowest BCUT2D eigenvalue weighted by atomic mass is 9.98. The van der Waals surface area contributed by atoms with E-state index in [-0.39, 0.29) is 11.2 Å². The molecule has 104 valence electrons. The highest BCUT2D eigenvalue weighted by molar-refractivity contribution is 9.10. The number of anilines is 1. The van der Waals surface area contributed by atoms with Gasteiger partial charge in [-0.2, -0.15) is 0 Å². The van der Waals surface area contributed by atoms with Crippen molar-refractivity contribution in [3.8, 4) is 0 Å². The summed E-state index contributed by atoms with van der Waals surface area (Å²) in [5, 5.41) is 0. The average molecular weight is 326 g/mol. The highest BCUT2D eigenvalue weighted by Crippen LogP contribution is 2.35. The van der Waals surface area contributed by atoms with Crippen molar-refractivity contribution in [2.45, 2.75) is 38.9 Å². The summed E-state index contributed by atoms with van der Waals surface area (Å²) in [4.78, 5) is 13.1. The van der Waals surface area contributed by atoms with Crippen molar-refractivity contribution >= 4 is 27.9 Å². The van der Waals surface area contributed by atoms with Crippen LogP contribution in [-0.2, 0) is 4.74 Å². The molecule has 0 atom stereocenters. The molecule has 0 saturated carbocycles. The molecular formula is C15H20BrNO2. The molecule has 1 aliphatic rings. The van der Waals surface area contributed by atoms with Crippen LogP contribution in [0, 0.1) is 0 Å². The van der Waals surface area contributed by atoms with Gasteiger partial charge in [0.05, 0.1) is 16.9 Å². The number of rotatable bonds is 2. The molecule has 0 spiro atoms. The summed E-state index contributed by atoms with van der Waals surface area (Å²) in [6, 6.07) is 5.70. The molecule has 0 amide bonds. The van der Waals surface area contributed by atoms with Crippen molar-refractivity contribution in [1.82, 2.24) is 0 Å². The standard InChI is InChI=1S/C15H20BrNO2/c1-14(2)9-17(10-15(3,4)19-14)13-6-5-11(8-18)7-12(13)16/h5-8H,9-10H2,1-4H3. The first kappa shape index (κ1) is 14.5. The number of halogens is 1. The van der Waals surface area contributed by atoms with Crippen molar-refractivity contribution in [3.63, 3.8) is 0 Å². The molecule has 1 aromatic carbocycles. The second-order valence-electron chi connectivity index (χ2n) is 6.31. The van der Waals surface area contributed by atoms with Crippen LogP contribution < -0.4 is 4.90 Å². The number of hydrogen-bond acceptors (Lipinski definition) is 3. The molecule has 19 heavy (non-hydrogen) atoms. The quantitative estimate of drug-likeness (QED) is 0.777. The SMILES string of the molecule is CC1(C)CN(c2ccc(C=O)cc2Br)CC(C)(C)O1. The van der Waals surface area contributed by atoms with Gasteiger partial charge in [0.25, 0.3) is 0 Å². The van der Waals surface area contributed by atoms with Crippen LogP contribution >= 0.6 is 15.9 Å². The first-order valence-electron chi connectivity index (χ1n) is 6.42. The van der Waals surface area contributed by atoms with E-state index in [4.69, 9.17) is 4.74 Å². The van der Waals surface area contributed by atoms with Gasteiger partial charge in [0.1, 0.15) is 6.29 Å². The van der Waals surface area contributed by atoms with Gasteiger partial charge in [-0.15, -0.1) is 0 Å². The topological polar surface area (TPSA) is 29.5 Å². The number of morpholine rings is 1. The molecule has 0 unspecified atom stereocenters. The maximum Gasteiger partial charge on any atom is 0.150 e. The molecule has 1 saturated heterocycles. The van der Waals surface area contributed by atoms with Crippen LogP contribution in [0.1, 0.15) is 38.1 Å². The Labute approximate surface area is 123 Å². The number of hydrogen-bond donors (Lipinski definition) is 0. The summed E-state index contributed by atoms with van der Waals surface area (Å²) in [6.45, 7) is 10.1. The van der Waals surface area contributed by atoms with Crippen molar-refractivity contribution in [3.05, 3.63) is 28.2 Å². The van der Waals surface area contributed by atoms with Crippen molar-refractivity contribution in [2.75, 3.05) is 18.0 Å². The monoisotopic (exact) mass is 325 g/mol. The molecule has 0 radical (unpaired) electrons. The molecule has 0 aliphatic carbocycles. The van der Waals surface area contributed by atoms with Gasteiger partial charge in [0, 0.05) is 23.1 Å². The average Bonchev–Trinajstić information content (AvgIpc) is 2.24. The van der Waals surface area contributed by atoms with Gasteiger partial charge in [-0.05, 0) is 61.8 Å². The van der Waals surface area contributed by atoms with Crippen LogP contribution in [0.2, 0.25) is 0 Å². The van der Waals surface area contributed by atoms with Crippen LogP contribution in [0.5, 0.6) is 0 Å². The Morgan fingerprint density at radius 3 is 2.26 bits per heavy atom. The van der Waals surface area contributed by atoms with Crippen LogP contribution in [0.4, 0.5) is 5.69 Å². The Morgan fingerprint density at radius 1 is 1.21 bits per heavy atom. The Hall–Kier alpha value is -0.870. The molecule has 1 aliphatic heterocycles. The van der Waals surface area contributed by atoms with Gasteiger partial charge >= 0.3 is 0 Å². The van der Waals surface area contributed by atoms with E-state index in [0.29, 0.717) is 5.56 Å². The van der Waals surface area contributed by atoms with Gasteiger partial charge in [0.15, 0.2) is 0 Å². The zero-order valence-electron chi connectivity index (χ0n) is 11.9. The highest BCUT2D eigenvalue weighted by atomic mass is 79.9. The minimum atomic E-state index is -0.190. The number of benzene rings is 1. The van der Waals surface area contributed by atoms with Gasteiger partial charge in [-0.1, -0.05) is 0 Å². The molecule has 1 fully saturated rings. The van der Waals surface area contributed by atoms with E-state index in [1.807, 2.05) is 18.2 Å². The summed E-state index contributed by atoms with van der Waals surface area (Å²) in [5.41, 5.74) is 1.41. The highest BCUT2D eigenvalue weighted by Gasteiger charge is 2.38. The van der Waals surface area contributed by atoms with E-state index >= 15 is 0 Å². The van der Waals surface area contributed by atoms with Crippen LogP contribution in [0.25, 0.3) is 0 Å². The van der Waals surface area contributed by atoms with E-state index in [2.05, 4.69) is 48.5 Å². The number of aldehydes is 1. The molecule has 3 nitrogen and oxygen atoms in total. The zero-order chi connectivity index (χ0) is 14.3. The van der Waals surface area contributed by atoms with Crippen molar-refractivity contribution < 1.29 is 9.53 Å². The molecule has 0 aromatic heterocycles. The van der Waals surface area contributed by atoms with E-state index in [1.54, 1.807) is 0 Å². The minimum Gasteiger partial charge on any atom is -0.366 e. The third-order valence-corrected chi connectivity index (χ3v) is 3.78. The van der Waals surface area contributed by atoms with E-state index in [0.717, 1.165) is 29.5 Å². The number of carbonyl (C=O) groups is 1. The number of nitrogens with zero attached hydrogens (tertiary/aromatic N) is 1. The predicted octanol–water partition coefficient (Wildman–Crippen LogP) is 3.66. The fourth-order valence-corrected chi connectivity index (χ4v) is 3.46. The van der Waals surface area contributed by atoms with Crippen LogP contribution in [0.15, 0.2) is 22.7 Å². The van der Waals surface area contributed by atoms with E-state index < -0.39 is 0 Å². The Kier molecular flexibility index (Phi) is 3.76. The third kappa shape index (κ3) is 3.37. The van der Waals surface area contributed by atoms with Gasteiger partial charge in [-0.3, -0.25) is 4.79 Å². The molecule has 2 rings (SSSR count). The molecule has 0 bridgehead atoms. The minimum absolute atomic E-state index is 0.190. The summed E-state index contributed by atoms with van der Waals surface area (Å²) in [6.07, 6.45) is 0.863. The Balaban J connectivity index is 2.33. The Bertz CT molecular complexity index is 481. The number of carbonyl (C=O) groups excluding carboxylic acids is 1. The van der Waals surface area contributed by atoms with E-state index in [1.165, 1.54) is 0 Å². The van der Waals surface area contributed by atoms with Gasteiger partial charge < -0.3 is 9.64 Å². The number of ether oxygens (including phenoxy) is 1. The summed E-state index contributed by atoms with van der Waals surface area (Å²) in [5.74, 6) is 0. The summed E-state index contributed by atoms with van der Waals surface area (Å²) < 4.78 is 7.03. The smallest absolute Gasteiger partial charge is 0.150 e. The third-order valence-electron chi connectivity index (χ3n) is 3.14. The predicted molar refractivity (Wildman–Crippen MR) is 81.0 cm³/mol. The van der Waals surface area contributed by atoms with Crippen molar-refractivity contribution in [2.24, 2.45) is 0 Å². The zero-order valence-corrected chi connectivity index (χ0v) is 13.5. The molecule has 1 aromatic rings. The first-order valence-corrected chi connectivity index (χ1v) is 7.22. The molecule has 4 heteroatoms.